The molecular weight excluding hydrogens is 457 g/mol. The smallest absolute Gasteiger partial charge is 0.308 e. The van der Waals surface area contributed by atoms with E-state index in [2.05, 4.69) is 10.0 Å². The molecule has 0 spiro atoms. The number of urea groups is 1. The predicted molar refractivity (Wildman–Crippen MR) is 127 cm³/mol. The topological polar surface area (TPSA) is 78.5 Å². The Bertz CT molecular complexity index is 1180. The number of halogens is 2. The largest absolute Gasteiger partial charge is 0.326 e. The number of rotatable bonds is 6. The van der Waals surface area contributed by atoms with Crippen LogP contribution in [-0.2, 0) is 16.4 Å². The zero-order valence-corrected chi connectivity index (χ0v) is 19.2. The maximum absolute atomic E-state index is 12.8. The monoisotopic (exact) mass is 477 g/mol. The van der Waals surface area contributed by atoms with Crippen molar-refractivity contribution in [1.29, 1.82) is 0 Å². The molecule has 0 bridgehead atoms. The summed E-state index contributed by atoms with van der Waals surface area (Å²) in [5, 5.41) is 3.25. The van der Waals surface area contributed by atoms with E-state index in [1.165, 1.54) is 23.1 Å². The molecule has 0 aliphatic carbocycles. The fourth-order valence-corrected chi connectivity index (χ4v) is 4.75. The zero-order valence-electron chi connectivity index (χ0n) is 16.9. The molecule has 3 aromatic carbocycles. The minimum Gasteiger partial charge on any atom is -0.308 e. The summed E-state index contributed by atoms with van der Waals surface area (Å²) in [5.74, 6) is 0. The molecule has 9 heteroatoms. The highest BCUT2D eigenvalue weighted by Crippen LogP contribution is 2.28. The molecule has 0 aliphatic heterocycles. The molecule has 0 aromatic heterocycles. The third-order valence-corrected chi connectivity index (χ3v) is 6.35. The van der Waals surface area contributed by atoms with E-state index in [1.54, 1.807) is 37.4 Å². The van der Waals surface area contributed by atoms with E-state index in [4.69, 9.17) is 23.2 Å². The fourth-order valence-electron chi connectivity index (χ4n) is 2.97. The second kappa shape index (κ2) is 9.60. The van der Waals surface area contributed by atoms with Crippen LogP contribution in [0.4, 0.5) is 21.9 Å². The van der Waals surface area contributed by atoms with Gasteiger partial charge in [-0.2, -0.15) is 0 Å². The Labute approximate surface area is 191 Å². The van der Waals surface area contributed by atoms with Crippen molar-refractivity contribution in [1.82, 2.24) is 0 Å². The average molecular weight is 478 g/mol. The maximum atomic E-state index is 12.8. The number of nitrogens with one attached hydrogen (secondary N) is 2. The van der Waals surface area contributed by atoms with Gasteiger partial charge in [-0.3, -0.25) is 9.62 Å². The van der Waals surface area contributed by atoms with Crippen molar-refractivity contribution in [3.05, 3.63) is 82.3 Å². The van der Waals surface area contributed by atoms with Crippen molar-refractivity contribution < 1.29 is 13.2 Å². The van der Waals surface area contributed by atoms with Crippen molar-refractivity contribution in [2.45, 2.75) is 18.2 Å². The molecule has 0 unspecified atom stereocenters. The normalized spacial score (nSPS) is 11.1. The molecule has 3 aromatic rings. The van der Waals surface area contributed by atoms with Crippen LogP contribution in [0.15, 0.2) is 71.6 Å². The third kappa shape index (κ3) is 5.70. The maximum Gasteiger partial charge on any atom is 0.326 e. The van der Waals surface area contributed by atoms with E-state index in [9.17, 15) is 13.2 Å². The summed E-state index contributed by atoms with van der Waals surface area (Å²) in [7, 11) is -2.30. The highest BCUT2D eigenvalue weighted by molar-refractivity contribution is 7.92. The number of carbonyl (C=O) groups excluding carboxylic acids is 1. The Morgan fingerprint density at radius 1 is 0.935 bits per heavy atom. The first-order valence-corrected chi connectivity index (χ1v) is 11.6. The summed E-state index contributed by atoms with van der Waals surface area (Å²) in [6, 6.07) is 17.9. The van der Waals surface area contributed by atoms with Gasteiger partial charge in [-0.1, -0.05) is 54.4 Å². The predicted octanol–water partition coefficient (Wildman–Crippen LogP) is 6.02. The Kier molecular flexibility index (Phi) is 7.10. The second-order valence-electron chi connectivity index (χ2n) is 6.76. The Balaban J connectivity index is 1.88. The number of hydrogen-bond acceptors (Lipinski definition) is 3. The lowest BCUT2D eigenvalue weighted by atomic mass is 10.1. The van der Waals surface area contributed by atoms with E-state index in [0.717, 1.165) is 5.56 Å². The Morgan fingerprint density at radius 2 is 1.58 bits per heavy atom. The van der Waals surface area contributed by atoms with Crippen LogP contribution in [0.25, 0.3) is 0 Å². The quantitative estimate of drug-likeness (QED) is 0.455. The van der Waals surface area contributed by atoms with E-state index in [-0.39, 0.29) is 21.0 Å². The van der Waals surface area contributed by atoms with Crippen LogP contribution in [0, 0.1) is 0 Å². The van der Waals surface area contributed by atoms with E-state index < -0.39 is 10.0 Å². The molecule has 0 saturated heterocycles. The minimum absolute atomic E-state index is 0.0544. The summed E-state index contributed by atoms with van der Waals surface area (Å²) < 4.78 is 28.1. The van der Waals surface area contributed by atoms with Gasteiger partial charge >= 0.3 is 6.03 Å². The summed E-state index contributed by atoms with van der Waals surface area (Å²) in [6.45, 7) is 1.96. The zero-order chi connectivity index (χ0) is 22.6. The van der Waals surface area contributed by atoms with Crippen molar-refractivity contribution in [3.8, 4) is 0 Å². The first-order chi connectivity index (χ1) is 14.7. The van der Waals surface area contributed by atoms with Crippen LogP contribution in [0.1, 0.15) is 12.5 Å². The van der Waals surface area contributed by atoms with Gasteiger partial charge in [0.25, 0.3) is 10.0 Å². The van der Waals surface area contributed by atoms with Crippen LogP contribution >= 0.6 is 23.2 Å². The van der Waals surface area contributed by atoms with Crippen LogP contribution in [-0.4, -0.2) is 21.5 Å². The molecule has 31 heavy (non-hydrogen) atoms. The van der Waals surface area contributed by atoms with Crippen molar-refractivity contribution in [2.24, 2.45) is 0 Å². The summed E-state index contributed by atoms with van der Waals surface area (Å²) in [4.78, 5) is 14.1. The molecule has 2 amide bonds. The lowest BCUT2D eigenvalue weighted by Gasteiger charge is -2.22. The molecule has 0 fully saturated rings. The summed E-state index contributed by atoms with van der Waals surface area (Å²) in [5.41, 5.74) is 2.44. The molecule has 2 N–H and O–H groups in total. The number of para-hydroxylation sites is 1. The molecular formula is C22H21Cl2N3O3S. The number of sulfonamides is 1. The Morgan fingerprint density at radius 3 is 2.19 bits per heavy atom. The average Bonchev–Trinajstić information content (AvgIpc) is 2.73. The van der Waals surface area contributed by atoms with Crippen molar-refractivity contribution >= 4 is 56.3 Å². The number of hydrogen-bond donors (Lipinski definition) is 2. The summed E-state index contributed by atoms with van der Waals surface area (Å²) >= 11 is 11.9. The number of nitrogens with zero attached hydrogens (tertiary/aromatic N) is 1. The van der Waals surface area contributed by atoms with Crippen LogP contribution in [0.3, 0.4) is 0 Å². The Hall–Kier alpha value is -2.74. The van der Waals surface area contributed by atoms with Gasteiger partial charge in [0.15, 0.2) is 0 Å². The molecule has 0 saturated carbocycles. The molecule has 0 aliphatic rings. The van der Waals surface area contributed by atoms with E-state index in [1.807, 2.05) is 25.1 Å². The first-order valence-electron chi connectivity index (χ1n) is 9.41. The SMILES string of the molecule is CCc1ccc(NS(=O)(=O)c2cc(Cl)cc(Cl)c2)cc1N(C)C(=O)Nc1ccccc1. The molecule has 0 heterocycles. The van der Waals surface area contributed by atoms with Gasteiger partial charge in [-0.05, 0) is 54.4 Å². The van der Waals surface area contributed by atoms with Crippen LogP contribution < -0.4 is 14.9 Å². The molecule has 3 rings (SSSR count). The van der Waals surface area contributed by atoms with Gasteiger partial charge in [0.1, 0.15) is 0 Å². The lowest BCUT2D eigenvalue weighted by molar-refractivity contribution is 0.258. The first kappa shape index (κ1) is 22.9. The standard InChI is InChI=1S/C22H21Cl2N3O3S/c1-3-15-9-10-19(26-31(29,30)20-12-16(23)11-17(24)13-20)14-21(15)27(2)22(28)25-18-7-5-4-6-8-18/h4-14,26H,3H2,1-2H3,(H,25,28). The highest BCUT2D eigenvalue weighted by Gasteiger charge is 2.19. The number of aryl methyl sites for hydroxylation is 1. The van der Waals surface area contributed by atoms with Crippen LogP contribution in [0.2, 0.25) is 10.0 Å². The van der Waals surface area contributed by atoms with Crippen molar-refractivity contribution in [2.75, 3.05) is 22.0 Å². The molecule has 0 radical (unpaired) electrons. The van der Waals surface area contributed by atoms with Crippen LogP contribution in [0.5, 0.6) is 0 Å². The third-order valence-electron chi connectivity index (χ3n) is 4.56. The minimum atomic E-state index is -3.93. The van der Waals surface area contributed by atoms with Crippen molar-refractivity contribution in [3.63, 3.8) is 0 Å². The van der Waals surface area contributed by atoms with Gasteiger partial charge in [-0.25, -0.2) is 13.2 Å². The highest BCUT2D eigenvalue weighted by atomic mass is 35.5. The fraction of sp³-hybridized carbons (Fsp3) is 0.136. The molecule has 0 atom stereocenters. The van der Waals surface area contributed by atoms with Gasteiger partial charge in [-0.15, -0.1) is 0 Å². The number of carbonyl (C=O) groups is 1. The lowest BCUT2D eigenvalue weighted by Crippen LogP contribution is -2.32. The number of amides is 2. The van der Waals surface area contributed by atoms with Gasteiger partial charge in [0.2, 0.25) is 0 Å². The van der Waals surface area contributed by atoms with Gasteiger partial charge < -0.3 is 5.32 Å². The van der Waals surface area contributed by atoms with Gasteiger partial charge in [0.05, 0.1) is 16.3 Å². The summed E-state index contributed by atoms with van der Waals surface area (Å²) in [6.07, 6.45) is 0.662. The number of benzene rings is 3. The van der Waals surface area contributed by atoms with Gasteiger partial charge in [0, 0.05) is 22.8 Å². The van der Waals surface area contributed by atoms with E-state index >= 15 is 0 Å². The van der Waals surface area contributed by atoms with E-state index in [0.29, 0.717) is 23.5 Å². The molecule has 162 valence electrons. The molecule has 6 nitrogen and oxygen atoms in total. The second-order valence-corrected chi connectivity index (χ2v) is 9.32. The number of anilines is 3.